The Labute approximate surface area is 113 Å². The summed E-state index contributed by atoms with van der Waals surface area (Å²) in [7, 11) is -1.32. The van der Waals surface area contributed by atoms with Crippen LogP contribution in [0.2, 0.25) is 0 Å². The topological polar surface area (TPSA) is 67.3 Å². The molecule has 0 radical (unpaired) electrons. The number of hydrogen-bond donors (Lipinski definition) is 1. The van der Waals surface area contributed by atoms with E-state index in [4.69, 9.17) is 5.11 Å². The molecular formula is C14H13NO3S. The van der Waals surface area contributed by atoms with Crippen molar-refractivity contribution in [1.29, 1.82) is 0 Å². The molecule has 0 bridgehead atoms. The van der Waals surface area contributed by atoms with Crippen molar-refractivity contribution in [3.8, 4) is 0 Å². The monoisotopic (exact) mass is 275 g/mol. The van der Waals surface area contributed by atoms with Gasteiger partial charge in [-0.1, -0.05) is 18.2 Å². The number of carboxylic acids is 1. The Bertz CT molecular complexity index is 599. The van der Waals surface area contributed by atoms with Gasteiger partial charge in [0.1, 0.15) is 0 Å². The second kappa shape index (κ2) is 6.24. The lowest BCUT2D eigenvalue weighted by Gasteiger charge is -2.05. The summed E-state index contributed by atoms with van der Waals surface area (Å²) < 4.78 is 12.2. The van der Waals surface area contributed by atoms with Crippen molar-refractivity contribution in [2.45, 2.75) is 11.3 Å². The molecule has 1 atom stereocenters. The number of benzene rings is 1. The lowest BCUT2D eigenvalue weighted by atomic mass is 10.2. The quantitative estimate of drug-likeness (QED) is 0.907. The predicted molar refractivity (Wildman–Crippen MR) is 72.6 cm³/mol. The third-order valence-electron chi connectivity index (χ3n) is 2.66. The van der Waals surface area contributed by atoms with E-state index in [1.807, 2.05) is 12.1 Å². The van der Waals surface area contributed by atoms with E-state index in [1.54, 1.807) is 30.6 Å². The highest BCUT2D eigenvalue weighted by molar-refractivity contribution is 7.85. The molecule has 98 valence electrons. The molecular weight excluding hydrogens is 262 g/mol. The highest BCUT2D eigenvalue weighted by Gasteiger charge is 2.14. The summed E-state index contributed by atoms with van der Waals surface area (Å²) in [6.45, 7) is 0. The van der Waals surface area contributed by atoms with Crippen LogP contribution in [0.4, 0.5) is 0 Å². The molecule has 1 aromatic carbocycles. The first kappa shape index (κ1) is 13.4. The van der Waals surface area contributed by atoms with Crippen LogP contribution in [-0.2, 0) is 17.2 Å². The maximum Gasteiger partial charge on any atom is 0.336 e. The molecule has 0 saturated heterocycles. The van der Waals surface area contributed by atoms with E-state index < -0.39 is 16.8 Å². The maximum absolute atomic E-state index is 12.2. The van der Waals surface area contributed by atoms with Gasteiger partial charge in [-0.05, 0) is 30.2 Å². The normalized spacial score (nSPS) is 12.0. The molecule has 1 aromatic heterocycles. The van der Waals surface area contributed by atoms with Crippen molar-refractivity contribution in [3.63, 3.8) is 0 Å². The average Bonchev–Trinajstić information content (AvgIpc) is 2.46. The zero-order valence-corrected chi connectivity index (χ0v) is 11.0. The maximum atomic E-state index is 12.2. The van der Waals surface area contributed by atoms with Crippen molar-refractivity contribution in [2.75, 3.05) is 5.75 Å². The molecule has 0 aliphatic heterocycles. The first-order valence-electron chi connectivity index (χ1n) is 5.78. The van der Waals surface area contributed by atoms with Crippen molar-refractivity contribution in [1.82, 2.24) is 4.98 Å². The SMILES string of the molecule is O=C(O)c1ccccc1S(=O)CCc1cccnc1. The van der Waals surface area contributed by atoms with Gasteiger partial charge < -0.3 is 5.11 Å². The van der Waals surface area contributed by atoms with Crippen LogP contribution in [0.1, 0.15) is 15.9 Å². The number of aromatic nitrogens is 1. The van der Waals surface area contributed by atoms with Crippen LogP contribution in [-0.4, -0.2) is 26.0 Å². The van der Waals surface area contributed by atoms with Crippen LogP contribution < -0.4 is 0 Å². The fraction of sp³-hybridized carbons (Fsp3) is 0.143. The second-order valence-corrected chi connectivity index (χ2v) is 5.50. The molecule has 0 aliphatic carbocycles. The Hall–Kier alpha value is -2.01. The molecule has 0 amide bonds. The van der Waals surface area contributed by atoms with Crippen LogP contribution in [0.15, 0.2) is 53.7 Å². The molecule has 5 heteroatoms. The van der Waals surface area contributed by atoms with E-state index in [9.17, 15) is 9.00 Å². The van der Waals surface area contributed by atoms with Crippen molar-refractivity contribution in [3.05, 3.63) is 59.9 Å². The number of nitrogens with zero attached hydrogens (tertiary/aromatic N) is 1. The second-order valence-electron chi connectivity index (χ2n) is 3.96. The molecule has 0 spiro atoms. The van der Waals surface area contributed by atoms with E-state index in [0.29, 0.717) is 17.1 Å². The Balaban J connectivity index is 2.10. The minimum atomic E-state index is -1.32. The Morgan fingerprint density at radius 2 is 2.00 bits per heavy atom. The van der Waals surface area contributed by atoms with Gasteiger partial charge in [0.2, 0.25) is 0 Å². The van der Waals surface area contributed by atoms with Gasteiger partial charge in [0.25, 0.3) is 0 Å². The van der Waals surface area contributed by atoms with Crippen molar-refractivity contribution >= 4 is 16.8 Å². The molecule has 1 unspecified atom stereocenters. The summed E-state index contributed by atoms with van der Waals surface area (Å²) >= 11 is 0. The number of rotatable bonds is 5. The van der Waals surface area contributed by atoms with Gasteiger partial charge in [0, 0.05) is 18.1 Å². The van der Waals surface area contributed by atoms with E-state index in [1.165, 1.54) is 6.07 Å². The molecule has 1 heterocycles. The van der Waals surface area contributed by atoms with Gasteiger partial charge in [-0.25, -0.2) is 4.79 Å². The first-order chi connectivity index (χ1) is 9.18. The Morgan fingerprint density at radius 1 is 1.21 bits per heavy atom. The number of carbonyl (C=O) groups is 1. The zero-order chi connectivity index (χ0) is 13.7. The van der Waals surface area contributed by atoms with Gasteiger partial charge in [-0.15, -0.1) is 0 Å². The van der Waals surface area contributed by atoms with Crippen LogP contribution in [0.25, 0.3) is 0 Å². The lowest BCUT2D eigenvalue weighted by molar-refractivity contribution is 0.0693. The number of carboxylic acid groups (broad SMARTS) is 1. The van der Waals surface area contributed by atoms with E-state index >= 15 is 0 Å². The standard InChI is InChI=1S/C14H13NO3S/c16-14(17)12-5-1-2-6-13(12)19(18)9-7-11-4-3-8-15-10-11/h1-6,8,10H,7,9H2,(H,16,17). The average molecular weight is 275 g/mol. The fourth-order valence-electron chi connectivity index (χ4n) is 1.71. The van der Waals surface area contributed by atoms with E-state index in [0.717, 1.165) is 5.56 Å². The highest BCUT2D eigenvalue weighted by atomic mass is 32.2. The van der Waals surface area contributed by atoms with Crippen LogP contribution in [0, 0.1) is 0 Å². The van der Waals surface area contributed by atoms with Gasteiger partial charge in [-0.3, -0.25) is 9.19 Å². The van der Waals surface area contributed by atoms with Gasteiger partial charge in [-0.2, -0.15) is 0 Å². The number of pyridine rings is 1. The zero-order valence-electron chi connectivity index (χ0n) is 10.2. The van der Waals surface area contributed by atoms with E-state index in [2.05, 4.69) is 4.98 Å². The van der Waals surface area contributed by atoms with Gasteiger partial charge >= 0.3 is 5.97 Å². The summed E-state index contributed by atoms with van der Waals surface area (Å²) in [4.78, 5) is 15.4. The van der Waals surface area contributed by atoms with Gasteiger partial charge in [0.15, 0.2) is 0 Å². The third kappa shape index (κ3) is 3.48. The summed E-state index contributed by atoms with van der Waals surface area (Å²) in [5.41, 5.74) is 1.09. The molecule has 0 fully saturated rings. The van der Waals surface area contributed by atoms with Crippen molar-refractivity contribution < 1.29 is 14.1 Å². The minimum absolute atomic E-state index is 0.104. The van der Waals surface area contributed by atoms with Crippen LogP contribution >= 0.6 is 0 Å². The molecule has 2 rings (SSSR count). The van der Waals surface area contributed by atoms with E-state index in [-0.39, 0.29) is 5.56 Å². The largest absolute Gasteiger partial charge is 0.478 e. The first-order valence-corrected chi connectivity index (χ1v) is 7.10. The number of hydrogen-bond acceptors (Lipinski definition) is 3. The molecule has 2 aromatic rings. The molecule has 0 aliphatic rings. The van der Waals surface area contributed by atoms with Crippen molar-refractivity contribution in [2.24, 2.45) is 0 Å². The molecule has 1 N–H and O–H groups in total. The predicted octanol–water partition coefficient (Wildman–Crippen LogP) is 2.13. The Kier molecular flexibility index (Phi) is 4.41. The highest BCUT2D eigenvalue weighted by Crippen LogP contribution is 2.14. The molecule has 0 saturated carbocycles. The fourth-order valence-corrected chi connectivity index (χ4v) is 2.98. The molecule has 4 nitrogen and oxygen atoms in total. The lowest BCUT2D eigenvalue weighted by Crippen LogP contribution is -2.08. The Morgan fingerprint density at radius 3 is 2.68 bits per heavy atom. The number of aromatic carboxylic acids is 1. The minimum Gasteiger partial charge on any atom is -0.478 e. The third-order valence-corrected chi connectivity index (χ3v) is 4.08. The van der Waals surface area contributed by atoms with Crippen LogP contribution in [0.5, 0.6) is 0 Å². The van der Waals surface area contributed by atoms with Crippen LogP contribution in [0.3, 0.4) is 0 Å². The number of aryl methyl sites for hydroxylation is 1. The summed E-state index contributed by atoms with van der Waals surface area (Å²) in [6.07, 6.45) is 4.01. The smallest absolute Gasteiger partial charge is 0.336 e. The molecule has 19 heavy (non-hydrogen) atoms. The summed E-state index contributed by atoms with van der Waals surface area (Å²) in [5.74, 6) is -0.666. The summed E-state index contributed by atoms with van der Waals surface area (Å²) in [6, 6.07) is 10.1. The summed E-state index contributed by atoms with van der Waals surface area (Å²) in [5, 5.41) is 9.06. The van der Waals surface area contributed by atoms with Gasteiger partial charge in [0.05, 0.1) is 21.3 Å².